The molecule has 0 aliphatic heterocycles. The van der Waals surface area contributed by atoms with E-state index in [0.29, 0.717) is 0 Å². The van der Waals surface area contributed by atoms with E-state index in [9.17, 15) is 0 Å². The van der Waals surface area contributed by atoms with Crippen LogP contribution in [0.3, 0.4) is 0 Å². The van der Waals surface area contributed by atoms with Crippen LogP contribution >= 0.6 is 15.9 Å². The zero-order valence-corrected chi connectivity index (χ0v) is 14.0. The van der Waals surface area contributed by atoms with Gasteiger partial charge in [-0.25, -0.2) is 4.98 Å². The van der Waals surface area contributed by atoms with Gasteiger partial charge in [0.05, 0.1) is 17.6 Å². The van der Waals surface area contributed by atoms with Crippen LogP contribution in [0.4, 0.5) is 0 Å². The van der Waals surface area contributed by atoms with Crippen molar-refractivity contribution in [3.05, 3.63) is 53.3 Å². The Morgan fingerprint density at radius 3 is 2.38 bits per heavy atom. The molecule has 0 amide bonds. The lowest BCUT2D eigenvalue weighted by atomic mass is 10.1. The average molecular weight is 344 g/mol. The number of halogens is 1. The molecular weight excluding hydrogens is 326 g/mol. The number of hydrogen-bond donors (Lipinski definition) is 1. The Bertz CT molecular complexity index is 731. The highest BCUT2D eigenvalue weighted by molar-refractivity contribution is 9.10. The fraction of sp³-hybridized carbons (Fsp3) is 0.235. The Balaban J connectivity index is 2.20. The molecule has 2 aromatic heterocycles. The average Bonchev–Trinajstić information content (AvgIpc) is 3.07. The lowest BCUT2D eigenvalue weighted by Gasteiger charge is -2.26. The highest BCUT2D eigenvalue weighted by Crippen LogP contribution is 2.32. The van der Waals surface area contributed by atoms with Gasteiger partial charge in [-0.3, -0.25) is 0 Å². The molecule has 1 N–H and O–H groups in total. The van der Waals surface area contributed by atoms with Gasteiger partial charge in [-0.05, 0) is 50.6 Å². The summed E-state index contributed by atoms with van der Waals surface area (Å²) in [4.78, 5) is 7.89. The van der Waals surface area contributed by atoms with Crippen LogP contribution in [0.1, 0.15) is 20.8 Å². The van der Waals surface area contributed by atoms with Gasteiger partial charge >= 0.3 is 0 Å². The molecule has 21 heavy (non-hydrogen) atoms. The highest BCUT2D eigenvalue weighted by atomic mass is 79.9. The van der Waals surface area contributed by atoms with Gasteiger partial charge in [-0.15, -0.1) is 0 Å². The minimum absolute atomic E-state index is 0.0562. The van der Waals surface area contributed by atoms with Crippen molar-refractivity contribution >= 4 is 15.9 Å². The predicted molar refractivity (Wildman–Crippen MR) is 90.1 cm³/mol. The van der Waals surface area contributed by atoms with E-state index < -0.39 is 0 Å². The van der Waals surface area contributed by atoms with E-state index in [0.717, 1.165) is 21.7 Å². The first kappa shape index (κ1) is 14.1. The number of H-pyrrole nitrogens is 1. The molecule has 0 aliphatic rings. The van der Waals surface area contributed by atoms with E-state index in [1.807, 2.05) is 18.5 Å². The fourth-order valence-electron chi connectivity index (χ4n) is 2.51. The van der Waals surface area contributed by atoms with E-state index in [1.165, 1.54) is 5.56 Å². The number of nitrogens with zero attached hydrogens (tertiary/aromatic N) is 2. The van der Waals surface area contributed by atoms with Crippen molar-refractivity contribution < 1.29 is 0 Å². The topological polar surface area (TPSA) is 33.6 Å². The molecule has 1 aromatic carbocycles. The molecule has 108 valence electrons. The van der Waals surface area contributed by atoms with Crippen molar-refractivity contribution in [3.63, 3.8) is 0 Å². The normalized spacial score (nSPS) is 11.8. The van der Waals surface area contributed by atoms with Crippen LogP contribution in [0.25, 0.3) is 22.8 Å². The van der Waals surface area contributed by atoms with E-state index in [-0.39, 0.29) is 5.54 Å². The van der Waals surface area contributed by atoms with E-state index in [4.69, 9.17) is 0 Å². The van der Waals surface area contributed by atoms with Crippen molar-refractivity contribution in [2.45, 2.75) is 26.3 Å². The first-order valence-corrected chi connectivity index (χ1v) is 7.74. The minimum atomic E-state index is -0.0562. The van der Waals surface area contributed by atoms with Crippen molar-refractivity contribution in [1.82, 2.24) is 14.5 Å². The van der Waals surface area contributed by atoms with Gasteiger partial charge < -0.3 is 9.55 Å². The summed E-state index contributed by atoms with van der Waals surface area (Å²) in [5.74, 6) is 0.963. The summed E-state index contributed by atoms with van der Waals surface area (Å²) in [6, 6.07) is 12.4. The first-order valence-electron chi connectivity index (χ1n) is 6.95. The number of rotatable bonds is 2. The molecule has 0 aliphatic carbocycles. The second-order valence-electron chi connectivity index (χ2n) is 6.06. The monoisotopic (exact) mass is 343 g/mol. The molecule has 0 saturated carbocycles. The van der Waals surface area contributed by atoms with Crippen LogP contribution in [0, 0.1) is 0 Å². The lowest BCUT2D eigenvalue weighted by molar-refractivity contribution is 0.405. The van der Waals surface area contributed by atoms with Crippen molar-refractivity contribution in [2.24, 2.45) is 0 Å². The fourth-order valence-corrected chi connectivity index (χ4v) is 2.78. The summed E-state index contributed by atoms with van der Waals surface area (Å²) in [5, 5.41) is 0. The van der Waals surface area contributed by atoms with Crippen LogP contribution in [0.2, 0.25) is 0 Å². The van der Waals surface area contributed by atoms with Crippen LogP contribution in [0.5, 0.6) is 0 Å². The molecule has 0 unspecified atom stereocenters. The largest absolute Gasteiger partial charge is 0.359 e. The molecule has 3 nitrogen and oxygen atoms in total. The molecule has 0 radical (unpaired) electrons. The van der Waals surface area contributed by atoms with Gasteiger partial charge in [0.2, 0.25) is 0 Å². The lowest BCUT2D eigenvalue weighted by Crippen LogP contribution is -2.23. The third-order valence-electron chi connectivity index (χ3n) is 3.41. The summed E-state index contributed by atoms with van der Waals surface area (Å²) in [6.07, 6.45) is 3.88. The molecular formula is C17H18BrN3. The maximum absolute atomic E-state index is 4.64. The van der Waals surface area contributed by atoms with Gasteiger partial charge in [0.1, 0.15) is 0 Å². The molecule has 2 heterocycles. The Hall–Kier alpha value is -1.81. The quantitative estimate of drug-likeness (QED) is 0.692. The summed E-state index contributed by atoms with van der Waals surface area (Å²) in [6.45, 7) is 6.59. The summed E-state index contributed by atoms with van der Waals surface area (Å²) in [5.41, 5.74) is 3.27. The van der Waals surface area contributed by atoms with Crippen molar-refractivity contribution in [1.29, 1.82) is 0 Å². The van der Waals surface area contributed by atoms with E-state index in [1.54, 1.807) is 0 Å². The maximum Gasteiger partial charge on any atom is 0.157 e. The SMILES string of the molecule is CC(C)(C)n1c(-c2ccc(Br)cc2)cnc1-c1ccc[nH]1. The van der Waals surface area contributed by atoms with Crippen molar-refractivity contribution in [3.8, 4) is 22.8 Å². The minimum Gasteiger partial charge on any atom is -0.359 e. The van der Waals surface area contributed by atoms with Crippen molar-refractivity contribution in [2.75, 3.05) is 0 Å². The zero-order valence-electron chi connectivity index (χ0n) is 12.4. The van der Waals surface area contributed by atoms with Gasteiger partial charge in [-0.1, -0.05) is 28.1 Å². The Kier molecular flexibility index (Phi) is 3.49. The summed E-state index contributed by atoms with van der Waals surface area (Å²) in [7, 11) is 0. The molecule has 0 spiro atoms. The van der Waals surface area contributed by atoms with Crippen LogP contribution in [0.15, 0.2) is 53.3 Å². The molecule has 0 saturated heterocycles. The maximum atomic E-state index is 4.64. The number of benzene rings is 1. The third-order valence-corrected chi connectivity index (χ3v) is 3.94. The summed E-state index contributed by atoms with van der Waals surface area (Å²) < 4.78 is 3.36. The van der Waals surface area contributed by atoms with E-state index >= 15 is 0 Å². The Morgan fingerprint density at radius 2 is 1.81 bits per heavy atom. The second kappa shape index (κ2) is 5.19. The predicted octanol–water partition coefficient (Wildman–Crippen LogP) is 5.06. The third kappa shape index (κ3) is 2.68. The van der Waals surface area contributed by atoms with Gasteiger partial charge in [0.15, 0.2) is 5.82 Å². The Morgan fingerprint density at radius 1 is 1.10 bits per heavy atom. The standard InChI is InChI=1S/C17H18BrN3/c1-17(2,3)21-15(12-6-8-13(18)9-7-12)11-20-16(21)14-5-4-10-19-14/h4-11,19H,1-3H3. The smallest absolute Gasteiger partial charge is 0.157 e. The van der Waals surface area contributed by atoms with Crippen LogP contribution in [-0.2, 0) is 5.54 Å². The number of hydrogen-bond acceptors (Lipinski definition) is 1. The molecule has 3 rings (SSSR count). The number of aromatic nitrogens is 3. The van der Waals surface area contributed by atoms with Gasteiger partial charge in [0, 0.05) is 16.2 Å². The summed E-state index contributed by atoms with van der Waals surface area (Å²) >= 11 is 3.49. The second-order valence-corrected chi connectivity index (χ2v) is 6.98. The molecule has 0 atom stereocenters. The highest BCUT2D eigenvalue weighted by Gasteiger charge is 2.23. The molecule has 0 fully saturated rings. The molecule has 3 aromatic rings. The van der Waals surface area contributed by atoms with Gasteiger partial charge in [-0.2, -0.15) is 0 Å². The Labute approximate surface area is 133 Å². The van der Waals surface area contributed by atoms with E-state index in [2.05, 4.69) is 81.6 Å². The molecule has 4 heteroatoms. The van der Waals surface area contributed by atoms with Crippen LogP contribution < -0.4 is 0 Å². The number of nitrogens with one attached hydrogen (secondary N) is 1. The number of imidazole rings is 1. The number of aromatic amines is 1. The zero-order chi connectivity index (χ0) is 15.0. The van der Waals surface area contributed by atoms with Gasteiger partial charge in [0.25, 0.3) is 0 Å². The first-order chi connectivity index (χ1) is 9.97. The molecule has 0 bridgehead atoms. The van der Waals surface area contributed by atoms with Crippen LogP contribution in [-0.4, -0.2) is 14.5 Å².